The molecule has 0 saturated heterocycles. The second kappa shape index (κ2) is 4.18. The Morgan fingerprint density at radius 2 is 2.12 bits per heavy atom. The number of carbonyl (C=O) groups excluding carboxylic acids is 1. The smallest absolute Gasteiger partial charge is 0.273 e. The van der Waals surface area contributed by atoms with E-state index in [2.05, 4.69) is 15.3 Å². The van der Waals surface area contributed by atoms with Crippen LogP contribution in [0.4, 0.5) is 5.69 Å². The fraction of sp³-hybridized carbons (Fsp3) is 0.167. The zero-order valence-electron chi connectivity index (χ0n) is 9.24. The highest BCUT2D eigenvalue weighted by Gasteiger charge is 2.07. The molecule has 0 saturated carbocycles. The van der Waals surface area contributed by atoms with E-state index in [0.29, 0.717) is 5.69 Å². The Labute approximate surface area is 93.7 Å². The molecule has 4 heteroatoms. The molecule has 0 aliphatic heterocycles. The van der Waals surface area contributed by atoms with E-state index in [1.165, 1.54) is 18.1 Å². The number of H-pyrrole nitrogens is 1. The molecule has 0 aliphatic rings. The second-order valence-corrected chi connectivity index (χ2v) is 3.72. The van der Waals surface area contributed by atoms with E-state index in [9.17, 15) is 4.79 Å². The van der Waals surface area contributed by atoms with Crippen LogP contribution in [-0.4, -0.2) is 15.9 Å². The minimum atomic E-state index is -0.180. The van der Waals surface area contributed by atoms with Crippen molar-refractivity contribution in [2.45, 2.75) is 13.8 Å². The second-order valence-electron chi connectivity index (χ2n) is 3.72. The molecule has 0 bridgehead atoms. The molecular weight excluding hydrogens is 202 g/mol. The maximum Gasteiger partial charge on any atom is 0.273 e. The lowest BCUT2D eigenvalue weighted by Gasteiger charge is -2.06. The number of nitrogens with one attached hydrogen (secondary N) is 2. The van der Waals surface area contributed by atoms with Gasteiger partial charge in [0.05, 0.1) is 12.5 Å². The van der Waals surface area contributed by atoms with Crippen molar-refractivity contribution in [1.82, 2.24) is 9.97 Å². The molecule has 82 valence electrons. The van der Waals surface area contributed by atoms with Crippen LogP contribution in [0.2, 0.25) is 0 Å². The normalized spacial score (nSPS) is 10.1. The van der Waals surface area contributed by atoms with Gasteiger partial charge in [0.2, 0.25) is 0 Å². The molecule has 0 unspecified atom stereocenters. The van der Waals surface area contributed by atoms with Gasteiger partial charge in [-0.05, 0) is 37.1 Å². The van der Waals surface area contributed by atoms with Crippen LogP contribution in [0.25, 0.3) is 0 Å². The van der Waals surface area contributed by atoms with Crippen molar-refractivity contribution in [3.05, 3.63) is 47.5 Å². The number of anilines is 1. The van der Waals surface area contributed by atoms with Crippen molar-refractivity contribution in [3.8, 4) is 0 Å². The molecule has 4 nitrogen and oxygen atoms in total. The Bertz CT molecular complexity index is 503. The molecular formula is C12H13N3O. The number of carbonyl (C=O) groups is 1. The van der Waals surface area contributed by atoms with Crippen molar-refractivity contribution in [3.63, 3.8) is 0 Å². The molecule has 2 rings (SSSR count). The van der Waals surface area contributed by atoms with Crippen LogP contribution in [0.1, 0.15) is 21.6 Å². The van der Waals surface area contributed by atoms with E-state index >= 15 is 0 Å². The highest BCUT2D eigenvalue weighted by Crippen LogP contribution is 2.14. The van der Waals surface area contributed by atoms with Gasteiger partial charge in [-0.2, -0.15) is 0 Å². The summed E-state index contributed by atoms with van der Waals surface area (Å²) in [5.41, 5.74) is 3.61. The van der Waals surface area contributed by atoms with Crippen molar-refractivity contribution >= 4 is 11.6 Å². The third-order valence-electron chi connectivity index (χ3n) is 2.51. The van der Waals surface area contributed by atoms with Gasteiger partial charge < -0.3 is 10.3 Å². The Morgan fingerprint density at radius 3 is 2.75 bits per heavy atom. The molecule has 1 amide bonds. The van der Waals surface area contributed by atoms with E-state index in [0.717, 1.165) is 11.3 Å². The van der Waals surface area contributed by atoms with Crippen LogP contribution in [0, 0.1) is 13.8 Å². The van der Waals surface area contributed by atoms with Crippen LogP contribution in [0.3, 0.4) is 0 Å². The van der Waals surface area contributed by atoms with Gasteiger partial charge in [-0.25, -0.2) is 4.98 Å². The molecule has 0 aliphatic carbocycles. The quantitative estimate of drug-likeness (QED) is 0.807. The zero-order valence-corrected chi connectivity index (χ0v) is 9.24. The van der Waals surface area contributed by atoms with Gasteiger partial charge in [0.1, 0.15) is 5.69 Å². The fourth-order valence-corrected chi connectivity index (χ4v) is 1.40. The number of hydrogen-bond acceptors (Lipinski definition) is 2. The molecule has 1 heterocycles. The summed E-state index contributed by atoms with van der Waals surface area (Å²) in [4.78, 5) is 18.2. The first-order chi connectivity index (χ1) is 7.66. The number of aromatic amines is 1. The number of aromatic nitrogens is 2. The van der Waals surface area contributed by atoms with Gasteiger partial charge >= 0.3 is 0 Å². The van der Waals surface area contributed by atoms with Gasteiger partial charge in [-0.15, -0.1) is 0 Å². The summed E-state index contributed by atoms with van der Waals surface area (Å²) in [5, 5.41) is 2.80. The third kappa shape index (κ3) is 2.11. The summed E-state index contributed by atoms with van der Waals surface area (Å²) >= 11 is 0. The Hall–Kier alpha value is -2.10. The SMILES string of the molecule is Cc1ccc(NC(=O)c2cnc[nH]2)cc1C. The number of amides is 1. The van der Waals surface area contributed by atoms with Gasteiger partial charge in [0, 0.05) is 5.69 Å². The molecule has 0 fully saturated rings. The first-order valence-corrected chi connectivity index (χ1v) is 5.04. The molecule has 1 aromatic carbocycles. The van der Waals surface area contributed by atoms with Crippen LogP contribution in [-0.2, 0) is 0 Å². The number of imidazole rings is 1. The zero-order chi connectivity index (χ0) is 11.5. The fourth-order valence-electron chi connectivity index (χ4n) is 1.40. The largest absolute Gasteiger partial charge is 0.341 e. The molecule has 2 aromatic rings. The summed E-state index contributed by atoms with van der Waals surface area (Å²) in [6.07, 6.45) is 2.98. The minimum absolute atomic E-state index is 0.180. The van der Waals surface area contributed by atoms with E-state index in [4.69, 9.17) is 0 Å². The average Bonchev–Trinajstić information content (AvgIpc) is 2.77. The molecule has 0 spiro atoms. The predicted molar refractivity (Wildman–Crippen MR) is 62.5 cm³/mol. The minimum Gasteiger partial charge on any atom is -0.341 e. The number of hydrogen-bond donors (Lipinski definition) is 2. The topological polar surface area (TPSA) is 57.8 Å². The molecule has 2 N–H and O–H groups in total. The Balaban J connectivity index is 2.15. The number of benzene rings is 1. The van der Waals surface area contributed by atoms with Crippen molar-refractivity contribution in [1.29, 1.82) is 0 Å². The van der Waals surface area contributed by atoms with Crippen LogP contribution >= 0.6 is 0 Å². The van der Waals surface area contributed by atoms with Gasteiger partial charge in [0.15, 0.2) is 0 Å². The van der Waals surface area contributed by atoms with Crippen molar-refractivity contribution in [2.24, 2.45) is 0 Å². The van der Waals surface area contributed by atoms with Crippen molar-refractivity contribution in [2.75, 3.05) is 5.32 Å². The lowest BCUT2D eigenvalue weighted by molar-refractivity contribution is 0.102. The number of aryl methyl sites for hydroxylation is 2. The highest BCUT2D eigenvalue weighted by molar-refractivity contribution is 6.02. The first-order valence-electron chi connectivity index (χ1n) is 5.04. The number of rotatable bonds is 2. The van der Waals surface area contributed by atoms with Crippen LogP contribution in [0.5, 0.6) is 0 Å². The van der Waals surface area contributed by atoms with E-state index in [1.807, 2.05) is 32.0 Å². The van der Waals surface area contributed by atoms with Crippen molar-refractivity contribution < 1.29 is 4.79 Å². The van der Waals surface area contributed by atoms with Gasteiger partial charge in [-0.3, -0.25) is 4.79 Å². The van der Waals surface area contributed by atoms with E-state index in [1.54, 1.807) is 0 Å². The summed E-state index contributed by atoms with van der Waals surface area (Å²) < 4.78 is 0. The molecule has 16 heavy (non-hydrogen) atoms. The lowest BCUT2D eigenvalue weighted by Crippen LogP contribution is -2.12. The highest BCUT2D eigenvalue weighted by atomic mass is 16.1. The molecule has 1 aromatic heterocycles. The maximum atomic E-state index is 11.7. The van der Waals surface area contributed by atoms with Gasteiger partial charge in [-0.1, -0.05) is 6.07 Å². The van der Waals surface area contributed by atoms with Crippen LogP contribution < -0.4 is 5.32 Å². The summed E-state index contributed by atoms with van der Waals surface area (Å²) in [5.74, 6) is -0.180. The summed E-state index contributed by atoms with van der Waals surface area (Å²) in [7, 11) is 0. The summed E-state index contributed by atoms with van der Waals surface area (Å²) in [6.45, 7) is 4.05. The lowest BCUT2D eigenvalue weighted by atomic mass is 10.1. The van der Waals surface area contributed by atoms with E-state index in [-0.39, 0.29) is 5.91 Å². The Kier molecular flexibility index (Phi) is 2.72. The summed E-state index contributed by atoms with van der Waals surface area (Å²) in [6, 6.07) is 5.82. The predicted octanol–water partition coefficient (Wildman–Crippen LogP) is 2.28. The standard InChI is InChI=1S/C12H13N3O/c1-8-3-4-10(5-9(8)2)15-12(16)11-6-13-7-14-11/h3-7H,1-2H3,(H,13,14)(H,15,16). The van der Waals surface area contributed by atoms with Crippen LogP contribution in [0.15, 0.2) is 30.7 Å². The average molecular weight is 215 g/mol. The van der Waals surface area contributed by atoms with E-state index < -0.39 is 0 Å². The maximum absolute atomic E-state index is 11.7. The van der Waals surface area contributed by atoms with Gasteiger partial charge in [0.25, 0.3) is 5.91 Å². The first kappa shape index (κ1) is 10.4. The molecule has 0 radical (unpaired) electrons. The third-order valence-corrected chi connectivity index (χ3v) is 2.51. The molecule has 0 atom stereocenters. The monoisotopic (exact) mass is 215 g/mol. The Morgan fingerprint density at radius 1 is 1.31 bits per heavy atom. The number of nitrogens with zero attached hydrogens (tertiary/aromatic N) is 1.